The third-order valence-corrected chi connectivity index (χ3v) is 4.68. The smallest absolute Gasteiger partial charge is 0.272 e. The van der Waals surface area contributed by atoms with Gasteiger partial charge in [-0.2, -0.15) is 0 Å². The Morgan fingerprint density at radius 3 is 2.62 bits per heavy atom. The van der Waals surface area contributed by atoms with Gasteiger partial charge in [0.25, 0.3) is 5.69 Å². The fourth-order valence-electron chi connectivity index (χ4n) is 3.37. The zero-order valence-corrected chi connectivity index (χ0v) is 15.3. The SMILES string of the molecule is Cc1cc(NC(C)CN2CCN(c3ccccn3)CC2)ccc1[N+](=O)[O-]. The maximum absolute atomic E-state index is 10.9. The molecule has 1 saturated heterocycles. The predicted octanol–water partition coefficient (Wildman–Crippen LogP) is 2.92. The van der Waals surface area contributed by atoms with Gasteiger partial charge in [0.1, 0.15) is 5.82 Å². The van der Waals surface area contributed by atoms with Crippen molar-refractivity contribution in [2.45, 2.75) is 19.9 Å². The Morgan fingerprint density at radius 1 is 1.23 bits per heavy atom. The lowest BCUT2D eigenvalue weighted by molar-refractivity contribution is -0.385. The van der Waals surface area contributed by atoms with Gasteiger partial charge in [-0.05, 0) is 38.1 Å². The molecule has 1 aromatic carbocycles. The zero-order chi connectivity index (χ0) is 18.5. The van der Waals surface area contributed by atoms with Crippen molar-refractivity contribution in [1.82, 2.24) is 9.88 Å². The van der Waals surface area contributed by atoms with Crippen molar-refractivity contribution in [2.75, 3.05) is 42.9 Å². The third-order valence-electron chi connectivity index (χ3n) is 4.68. The van der Waals surface area contributed by atoms with E-state index in [1.807, 2.05) is 24.4 Å². The van der Waals surface area contributed by atoms with Crippen LogP contribution in [0.1, 0.15) is 12.5 Å². The molecule has 1 unspecified atom stereocenters. The number of aryl methyl sites for hydroxylation is 1. The number of nitro groups is 1. The van der Waals surface area contributed by atoms with Crippen LogP contribution in [0.15, 0.2) is 42.6 Å². The number of hydrogen-bond acceptors (Lipinski definition) is 6. The number of rotatable bonds is 6. The van der Waals surface area contributed by atoms with Crippen LogP contribution < -0.4 is 10.2 Å². The number of hydrogen-bond donors (Lipinski definition) is 1. The van der Waals surface area contributed by atoms with Gasteiger partial charge >= 0.3 is 0 Å². The highest BCUT2D eigenvalue weighted by molar-refractivity contribution is 5.54. The van der Waals surface area contributed by atoms with Crippen molar-refractivity contribution < 1.29 is 4.92 Å². The molecule has 0 radical (unpaired) electrons. The van der Waals surface area contributed by atoms with E-state index in [0.29, 0.717) is 5.56 Å². The molecule has 138 valence electrons. The molecule has 3 rings (SSSR count). The van der Waals surface area contributed by atoms with Crippen molar-refractivity contribution in [3.8, 4) is 0 Å². The molecule has 1 aromatic heterocycles. The highest BCUT2D eigenvalue weighted by Gasteiger charge is 2.19. The number of pyridine rings is 1. The van der Waals surface area contributed by atoms with E-state index in [1.54, 1.807) is 19.1 Å². The van der Waals surface area contributed by atoms with E-state index in [0.717, 1.165) is 44.2 Å². The minimum atomic E-state index is -0.344. The summed E-state index contributed by atoms with van der Waals surface area (Å²) in [5, 5.41) is 14.4. The van der Waals surface area contributed by atoms with Gasteiger partial charge in [-0.15, -0.1) is 0 Å². The normalized spacial score (nSPS) is 16.3. The molecule has 1 N–H and O–H groups in total. The topological polar surface area (TPSA) is 74.5 Å². The first-order valence-electron chi connectivity index (χ1n) is 8.93. The Balaban J connectivity index is 1.49. The first-order chi connectivity index (χ1) is 12.5. The minimum Gasteiger partial charge on any atom is -0.381 e. The number of benzene rings is 1. The fraction of sp³-hybridized carbons (Fsp3) is 0.421. The van der Waals surface area contributed by atoms with Crippen molar-refractivity contribution in [3.63, 3.8) is 0 Å². The molecule has 1 aliphatic heterocycles. The molecule has 0 saturated carbocycles. The summed E-state index contributed by atoms with van der Waals surface area (Å²) in [7, 11) is 0. The lowest BCUT2D eigenvalue weighted by Gasteiger charge is -2.36. The van der Waals surface area contributed by atoms with Crippen LogP contribution >= 0.6 is 0 Å². The first kappa shape index (κ1) is 18.1. The summed E-state index contributed by atoms with van der Waals surface area (Å²) in [6, 6.07) is 11.5. The van der Waals surface area contributed by atoms with E-state index in [1.165, 1.54) is 0 Å². The Bertz CT molecular complexity index is 745. The number of piperazine rings is 1. The number of anilines is 2. The van der Waals surface area contributed by atoms with Gasteiger partial charge in [-0.25, -0.2) is 4.98 Å². The van der Waals surface area contributed by atoms with E-state index in [-0.39, 0.29) is 16.7 Å². The highest BCUT2D eigenvalue weighted by atomic mass is 16.6. The highest BCUT2D eigenvalue weighted by Crippen LogP contribution is 2.22. The molecule has 7 heteroatoms. The second-order valence-electron chi connectivity index (χ2n) is 6.78. The average Bonchev–Trinajstić information content (AvgIpc) is 2.63. The summed E-state index contributed by atoms with van der Waals surface area (Å²) >= 11 is 0. The van der Waals surface area contributed by atoms with Gasteiger partial charge in [0, 0.05) is 62.3 Å². The molecule has 2 aromatic rings. The first-order valence-corrected chi connectivity index (χ1v) is 8.93. The summed E-state index contributed by atoms with van der Waals surface area (Å²) in [5.74, 6) is 1.04. The Hall–Kier alpha value is -2.67. The molecule has 0 spiro atoms. The van der Waals surface area contributed by atoms with Crippen LogP contribution in [0.4, 0.5) is 17.2 Å². The molecule has 1 aliphatic rings. The summed E-state index contributed by atoms with van der Waals surface area (Å²) in [4.78, 5) is 19.7. The lowest BCUT2D eigenvalue weighted by atomic mass is 10.1. The minimum absolute atomic E-state index is 0.161. The van der Waals surface area contributed by atoms with Crippen LogP contribution in [0.5, 0.6) is 0 Å². The third kappa shape index (κ3) is 4.49. The van der Waals surface area contributed by atoms with Crippen LogP contribution in [0.25, 0.3) is 0 Å². The van der Waals surface area contributed by atoms with E-state index in [2.05, 4.69) is 33.1 Å². The van der Waals surface area contributed by atoms with E-state index in [4.69, 9.17) is 0 Å². The number of nitrogens with one attached hydrogen (secondary N) is 1. The summed E-state index contributed by atoms with van der Waals surface area (Å²) in [5.41, 5.74) is 1.76. The zero-order valence-electron chi connectivity index (χ0n) is 15.3. The molecule has 26 heavy (non-hydrogen) atoms. The lowest BCUT2D eigenvalue weighted by Crippen LogP contribution is -2.49. The molecule has 1 fully saturated rings. The maximum atomic E-state index is 10.9. The van der Waals surface area contributed by atoms with Crippen molar-refractivity contribution in [3.05, 3.63) is 58.3 Å². The standard InChI is InChI=1S/C19H25N5O2/c1-15-13-17(6-7-18(15)24(25)26)21-16(2)14-22-9-11-23(12-10-22)19-5-3-4-8-20-19/h3-8,13,16,21H,9-12,14H2,1-2H3. The van der Waals surface area contributed by atoms with E-state index < -0.39 is 0 Å². The van der Waals surface area contributed by atoms with Gasteiger partial charge in [0.2, 0.25) is 0 Å². The van der Waals surface area contributed by atoms with Crippen molar-refractivity contribution >= 4 is 17.2 Å². The second-order valence-corrected chi connectivity index (χ2v) is 6.78. The molecule has 0 aliphatic carbocycles. The number of nitrogens with zero attached hydrogens (tertiary/aromatic N) is 4. The Kier molecular flexibility index (Phi) is 5.68. The Labute approximate surface area is 153 Å². The molecule has 0 amide bonds. The van der Waals surface area contributed by atoms with Crippen LogP contribution in [-0.4, -0.2) is 53.6 Å². The molecule has 2 heterocycles. The monoisotopic (exact) mass is 355 g/mol. The number of nitro benzene ring substituents is 1. The van der Waals surface area contributed by atoms with Crippen LogP contribution in [0.3, 0.4) is 0 Å². The van der Waals surface area contributed by atoms with Gasteiger partial charge in [0.15, 0.2) is 0 Å². The van der Waals surface area contributed by atoms with Gasteiger partial charge in [-0.3, -0.25) is 15.0 Å². The van der Waals surface area contributed by atoms with Crippen LogP contribution in [0.2, 0.25) is 0 Å². The molecular formula is C19H25N5O2. The molecule has 0 bridgehead atoms. The number of aromatic nitrogens is 1. The fourth-order valence-corrected chi connectivity index (χ4v) is 3.37. The molecular weight excluding hydrogens is 330 g/mol. The average molecular weight is 355 g/mol. The van der Waals surface area contributed by atoms with Crippen LogP contribution in [-0.2, 0) is 0 Å². The second kappa shape index (κ2) is 8.14. The van der Waals surface area contributed by atoms with Gasteiger partial charge < -0.3 is 10.2 Å². The van der Waals surface area contributed by atoms with E-state index in [9.17, 15) is 10.1 Å². The van der Waals surface area contributed by atoms with Gasteiger partial charge in [0.05, 0.1) is 4.92 Å². The van der Waals surface area contributed by atoms with Crippen LogP contribution in [0, 0.1) is 17.0 Å². The van der Waals surface area contributed by atoms with E-state index >= 15 is 0 Å². The predicted molar refractivity (Wildman–Crippen MR) is 104 cm³/mol. The summed E-state index contributed by atoms with van der Waals surface area (Å²) in [6.45, 7) is 8.79. The molecule has 7 nitrogen and oxygen atoms in total. The summed E-state index contributed by atoms with van der Waals surface area (Å²) < 4.78 is 0. The molecule has 1 atom stereocenters. The van der Waals surface area contributed by atoms with Crippen molar-refractivity contribution in [1.29, 1.82) is 0 Å². The van der Waals surface area contributed by atoms with Crippen molar-refractivity contribution in [2.24, 2.45) is 0 Å². The summed E-state index contributed by atoms with van der Waals surface area (Å²) in [6.07, 6.45) is 1.83. The largest absolute Gasteiger partial charge is 0.381 e. The van der Waals surface area contributed by atoms with Gasteiger partial charge in [-0.1, -0.05) is 6.07 Å². The maximum Gasteiger partial charge on any atom is 0.272 e. The quantitative estimate of drug-likeness (QED) is 0.634. The Morgan fingerprint density at radius 2 is 2.00 bits per heavy atom.